The van der Waals surface area contributed by atoms with Crippen molar-refractivity contribution in [3.8, 4) is 0 Å². The first-order valence-electron chi connectivity index (χ1n) is 10.6. The van der Waals surface area contributed by atoms with Crippen LogP contribution in [0.3, 0.4) is 0 Å². The number of guanidine groups is 1. The summed E-state index contributed by atoms with van der Waals surface area (Å²) in [4.78, 5) is 11.3. The van der Waals surface area contributed by atoms with Crippen molar-refractivity contribution in [3.63, 3.8) is 0 Å². The summed E-state index contributed by atoms with van der Waals surface area (Å²) in [5.74, 6) is 0.989. The largest absolute Gasteiger partial charge is 0.356 e. The van der Waals surface area contributed by atoms with E-state index in [-0.39, 0.29) is 24.0 Å². The first-order valence-corrected chi connectivity index (χ1v) is 10.6. The van der Waals surface area contributed by atoms with Crippen LogP contribution < -0.4 is 5.32 Å². The van der Waals surface area contributed by atoms with Gasteiger partial charge in [-0.2, -0.15) is 0 Å². The highest BCUT2D eigenvalue weighted by Crippen LogP contribution is 2.22. The summed E-state index contributed by atoms with van der Waals surface area (Å²) >= 11 is 0. The van der Waals surface area contributed by atoms with Crippen molar-refractivity contribution < 1.29 is 0 Å². The monoisotopic (exact) mass is 527 g/mol. The first-order chi connectivity index (χ1) is 14.8. The number of nitrogens with zero attached hydrogens (tertiary/aromatic N) is 4. The van der Waals surface area contributed by atoms with Crippen molar-refractivity contribution in [1.82, 2.24) is 19.8 Å². The third kappa shape index (κ3) is 6.43. The number of aliphatic imine (C=N–C) groups is 1. The quantitative estimate of drug-likeness (QED) is 0.285. The molecule has 6 heteroatoms. The number of benzene rings is 2. The number of imidazole rings is 1. The molecule has 2 aromatic carbocycles. The number of hydrogen-bond donors (Lipinski definition) is 1. The van der Waals surface area contributed by atoms with Gasteiger partial charge in [0.25, 0.3) is 0 Å². The lowest BCUT2D eigenvalue weighted by Gasteiger charge is -2.30. The number of nitrogens with one attached hydrogen (secondary N) is 1. The molecule has 1 N–H and O–H groups in total. The minimum absolute atomic E-state index is 0. The molecule has 1 aliphatic rings. The van der Waals surface area contributed by atoms with Gasteiger partial charge in [-0.15, -0.1) is 24.0 Å². The lowest BCUT2D eigenvalue weighted by Crippen LogP contribution is -2.43. The van der Waals surface area contributed by atoms with Gasteiger partial charge in [-0.1, -0.05) is 60.7 Å². The standard InChI is InChI=1S/C25H29N5.HI/c1-2-27-25(30-15-12-24(13-16-30)23-6-4-3-5-7-23)28-18-21-8-10-22(11-9-21)19-29-17-14-26-20-29;/h3-12,14,17,20H,2,13,15-16,18-19H2,1H3,(H,27,28);1H. The van der Waals surface area contributed by atoms with Crippen molar-refractivity contribution >= 4 is 35.5 Å². The van der Waals surface area contributed by atoms with Gasteiger partial charge in [0.15, 0.2) is 5.96 Å². The van der Waals surface area contributed by atoms with Crippen molar-refractivity contribution in [1.29, 1.82) is 0 Å². The summed E-state index contributed by atoms with van der Waals surface area (Å²) in [5.41, 5.74) is 5.24. The molecule has 4 rings (SSSR count). The van der Waals surface area contributed by atoms with E-state index in [1.54, 1.807) is 0 Å². The second-order valence-corrected chi connectivity index (χ2v) is 7.51. The Balaban J connectivity index is 0.00000272. The van der Waals surface area contributed by atoms with Gasteiger partial charge in [0.1, 0.15) is 0 Å². The molecule has 0 aliphatic carbocycles. The predicted molar refractivity (Wildman–Crippen MR) is 139 cm³/mol. The maximum atomic E-state index is 4.90. The van der Waals surface area contributed by atoms with E-state index < -0.39 is 0 Å². The zero-order valence-corrected chi connectivity index (χ0v) is 20.3. The molecule has 1 aliphatic heterocycles. The maximum absolute atomic E-state index is 4.90. The molecule has 0 saturated carbocycles. The van der Waals surface area contributed by atoms with E-state index >= 15 is 0 Å². The molecular weight excluding hydrogens is 497 g/mol. The molecule has 0 fully saturated rings. The normalized spacial score (nSPS) is 14.0. The average molecular weight is 527 g/mol. The molecule has 0 unspecified atom stereocenters. The van der Waals surface area contributed by atoms with Crippen molar-refractivity contribution in [2.75, 3.05) is 19.6 Å². The fraction of sp³-hybridized carbons (Fsp3) is 0.280. The fourth-order valence-corrected chi connectivity index (χ4v) is 3.71. The second kappa shape index (κ2) is 11.7. The van der Waals surface area contributed by atoms with Crippen LogP contribution in [0, 0.1) is 0 Å². The maximum Gasteiger partial charge on any atom is 0.194 e. The highest BCUT2D eigenvalue weighted by atomic mass is 127. The summed E-state index contributed by atoms with van der Waals surface area (Å²) < 4.78 is 2.07. The summed E-state index contributed by atoms with van der Waals surface area (Å²) in [6, 6.07) is 19.4. The number of hydrogen-bond acceptors (Lipinski definition) is 2. The van der Waals surface area contributed by atoms with E-state index in [4.69, 9.17) is 4.99 Å². The minimum Gasteiger partial charge on any atom is -0.356 e. The van der Waals surface area contributed by atoms with E-state index in [0.29, 0.717) is 6.54 Å². The van der Waals surface area contributed by atoms with Crippen LogP contribution in [0.4, 0.5) is 0 Å². The van der Waals surface area contributed by atoms with Gasteiger partial charge in [-0.05, 0) is 35.6 Å². The minimum atomic E-state index is 0. The third-order valence-electron chi connectivity index (χ3n) is 5.35. The average Bonchev–Trinajstić information content (AvgIpc) is 3.31. The van der Waals surface area contributed by atoms with Gasteiger partial charge in [0.2, 0.25) is 0 Å². The Morgan fingerprint density at radius 1 is 1.06 bits per heavy atom. The lowest BCUT2D eigenvalue weighted by molar-refractivity contribution is 0.440. The van der Waals surface area contributed by atoms with Crippen LogP contribution in [0.1, 0.15) is 30.0 Å². The fourth-order valence-electron chi connectivity index (χ4n) is 3.71. The SMILES string of the molecule is CCNC(=NCc1ccc(Cn2ccnc2)cc1)N1CC=C(c2ccccc2)CC1.I. The van der Waals surface area contributed by atoms with Gasteiger partial charge >= 0.3 is 0 Å². The Bertz CT molecular complexity index is 979. The number of aromatic nitrogens is 2. The Morgan fingerprint density at radius 2 is 1.84 bits per heavy atom. The predicted octanol–water partition coefficient (Wildman–Crippen LogP) is 4.80. The van der Waals surface area contributed by atoms with Gasteiger partial charge in [-0.25, -0.2) is 9.98 Å². The van der Waals surface area contributed by atoms with Crippen LogP contribution in [0.2, 0.25) is 0 Å². The van der Waals surface area contributed by atoms with Crippen molar-refractivity contribution in [2.45, 2.75) is 26.4 Å². The van der Waals surface area contributed by atoms with E-state index in [2.05, 4.69) is 87.4 Å². The van der Waals surface area contributed by atoms with Crippen LogP contribution in [-0.2, 0) is 13.1 Å². The molecule has 1 aromatic heterocycles. The molecule has 0 atom stereocenters. The van der Waals surface area contributed by atoms with Crippen molar-refractivity contribution in [2.24, 2.45) is 4.99 Å². The first kappa shape index (κ1) is 23.1. The van der Waals surface area contributed by atoms with Crippen LogP contribution in [0.5, 0.6) is 0 Å². The lowest BCUT2D eigenvalue weighted by atomic mass is 10.00. The zero-order chi connectivity index (χ0) is 20.6. The topological polar surface area (TPSA) is 45.5 Å². The molecule has 0 saturated heterocycles. The summed E-state index contributed by atoms with van der Waals surface area (Å²) in [6.45, 7) is 6.38. The molecule has 0 amide bonds. The number of rotatable bonds is 6. The summed E-state index contributed by atoms with van der Waals surface area (Å²) in [6.07, 6.45) is 9.01. The Kier molecular flexibility index (Phi) is 8.70. The van der Waals surface area contributed by atoms with Gasteiger partial charge in [0.05, 0.1) is 12.9 Å². The zero-order valence-electron chi connectivity index (χ0n) is 17.9. The van der Waals surface area contributed by atoms with Gasteiger partial charge in [0, 0.05) is 38.6 Å². The highest BCUT2D eigenvalue weighted by molar-refractivity contribution is 14.0. The van der Waals surface area contributed by atoms with E-state index in [9.17, 15) is 0 Å². The highest BCUT2D eigenvalue weighted by Gasteiger charge is 2.16. The molecular formula is C25H30IN5. The Labute approximate surface area is 201 Å². The summed E-state index contributed by atoms with van der Waals surface area (Å²) in [5, 5.41) is 3.45. The van der Waals surface area contributed by atoms with Gasteiger partial charge in [-0.3, -0.25) is 0 Å². The van der Waals surface area contributed by atoms with Crippen LogP contribution in [-0.4, -0.2) is 40.0 Å². The van der Waals surface area contributed by atoms with E-state index in [1.807, 2.05) is 18.7 Å². The molecule has 31 heavy (non-hydrogen) atoms. The molecule has 162 valence electrons. The van der Waals surface area contributed by atoms with Crippen LogP contribution >= 0.6 is 24.0 Å². The molecule has 0 bridgehead atoms. The second-order valence-electron chi connectivity index (χ2n) is 7.51. The van der Waals surface area contributed by atoms with Crippen molar-refractivity contribution in [3.05, 3.63) is 96.1 Å². The smallest absolute Gasteiger partial charge is 0.194 e. The molecule has 2 heterocycles. The van der Waals surface area contributed by atoms with E-state index in [0.717, 1.165) is 38.6 Å². The molecule has 0 spiro atoms. The number of halogens is 1. The van der Waals surface area contributed by atoms with E-state index in [1.165, 1.54) is 22.3 Å². The van der Waals surface area contributed by atoms with Crippen LogP contribution in [0.15, 0.2) is 84.4 Å². The van der Waals surface area contributed by atoms with Gasteiger partial charge < -0.3 is 14.8 Å². The van der Waals surface area contributed by atoms with Crippen LogP contribution in [0.25, 0.3) is 5.57 Å². The summed E-state index contributed by atoms with van der Waals surface area (Å²) in [7, 11) is 0. The third-order valence-corrected chi connectivity index (χ3v) is 5.35. The molecule has 0 radical (unpaired) electrons. The molecule has 5 nitrogen and oxygen atoms in total. The molecule has 3 aromatic rings. The Morgan fingerprint density at radius 3 is 2.48 bits per heavy atom. The Hall–Kier alpha value is -2.61.